The summed E-state index contributed by atoms with van der Waals surface area (Å²) in [5.41, 5.74) is 3.71. The number of nitrogens with one attached hydrogen (secondary N) is 1. The minimum absolute atomic E-state index is 0.136. The van der Waals surface area contributed by atoms with Gasteiger partial charge in [-0.3, -0.25) is 5.43 Å². The number of hydrazone groups is 1. The highest BCUT2D eigenvalue weighted by Gasteiger charge is 2.19. The van der Waals surface area contributed by atoms with Crippen molar-refractivity contribution >= 4 is 11.9 Å². The van der Waals surface area contributed by atoms with Gasteiger partial charge in [-0.15, -0.1) is 0 Å². The highest BCUT2D eigenvalue weighted by molar-refractivity contribution is 5.89. The first-order chi connectivity index (χ1) is 14.5. The van der Waals surface area contributed by atoms with Gasteiger partial charge in [-0.25, -0.2) is 22.2 Å². The maximum Gasteiger partial charge on any atom is 0.186 e. The van der Waals surface area contributed by atoms with Gasteiger partial charge in [0.2, 0.25) is 0 Å². The van der Waals surface area contributed by atoms with Crippen LogP contribution in [-0.4, -0.2) is 16.0 Å². The molecular weight excluding hydrogens is 396 g/mol. The molecule has 1 heterocycles. The van der Waals surface area contributed by atoms with E-state index < -0.39 is 29.0 Å². The van der Waals surface area contributed by atoms with Crippen molar-refractivity contribution in [1.29, 1.82) is 0 Å². The van der Waals surface area contributed by atoms with E-state index in [2.05, 4.69) is 10.2 Å². The van der Waals surface area contributed by atoms with Gasteiger partial charge in [0.1, 0.15) is 11.4 Å². The second-order valence-electron chi connectivity index (χ2n) is 6.29. The lowest BCUT2D eigenvalue weighted by Crippen LogP contribution is -2.02. The number of hydrogen-bond acceptors (Lipinski definition) is 3. The number of aromatic nitrogens is 2. The van der Waals surface area contributed by atoms with Crippen molar-refractivity contribution < 1.29 is 17.6 Å². The van der Waals surface area contributed by atoms with E-state index in [9.17, 15) is 17.6 Å². The van der Waals surface area contributed by atoms with Crippen LogP contribution in [0.2, 0.25) is 0 Å². The molecule has 4 nitrogen and oxygen atoms in total. The molecule has 0 radical (unpaired) electrons. The van der Waals surface area contributed by atoms with Gasteiger partial charge in [0.15, 0.2) is 23.3 Å². The van der Waals surface area contributed by atoms with Crippen LogP contribution in [0.25, 0.3) is 16.9 Å². The first-order valence-electron chi connectivity index (χ1n) is 8.87. The SMILES string of the molecule is Fc1cc(F)c(F)c(NN=Cc2cn(-c3ccccc3)nc2-c2ccccc2)c1F. The minimum Gasteiger partial charge on any atom is -0.272 e. The number of anilines is 1. The fourth-order valence-electron chi connectivity index (χ4n) is 2.85. The topological polar surface area (TPSA) is 42.2 Å². The molecule has 0 aliphatic heterocycles. The second-order valence-corrected chi connectivity index (χ2v) is 6.29. The van der Waals surface area contributed by atoms with Crippen molar-refractivity contribution in [2.24, 2.45) is 5.10 Å². The number of halogens is 4. The van der Waals surface area contributed by atoms with E-state index in [1.165, 1.54) is 6.21 Å². The lowest BCUT2D eigenvalue weighted by Gasteiger charge is -2.05. The van der Waals surface area contributed by atoms with Gasteiger partial charge < -0.3 is 0 Å². The van der Waals surface area contributed by atoms with Crippen molar-refractivity contribution in [3.05, 3.63) is 102 Å². The predicted octanol–water partition coefficient (Wildman–Crippen LogP) is 5.54. The third kappa shape index (κ3) is 3.80. The first-order valence-corrected chi connectivity index (χ1v) is 8.87. The molecule has 0 amide bonds. The largest absolute Gasteiger partial charge is 0.272 e. The number of benzene rings is 3. The maximum atomic E-state index is 13.8. The van der Waals surface area contributed by atoms with E-state index in [1.807, 2.05) is 66.1 Å². The van der Waals surface area contributed by atoms with Crippen LogP contribution in [0.1, 0.15) is 5.56 Å². The fraction of sp³-hybridized carbons (Fsp3) is 0. The Morgan fingerprint density at radius 1 is 0.833 bits per heavy atom. The summed E-state index contributed by atoms with van der Waals surface area (Å²) >= 11 is 0. The molecule has 30 heavy (non-hydrogen) atoms. The van der Waals surface area contributed by atoms with Crippen molar-refractivity contribution in [3.8, 4) is 16.9 Å². The van der Waals surface area contributed by atoms with Gasteiger partial charge in [-0.2, -0.15) is 10.2 Å². The van der Waals surface area contributed by atoms with Crippen molar-refractivity contribution in [3.63, 3.8) is 0 Å². The van der Waals surface area contributed by atoms with Crippen LogP contribution in [-0.2, 0) is 0 Å². The first kappa shape index (κ1) is 19.4. The molecule has 0 saturated carbocycles. The van der Waals surface area contributed by atoms with Gasteiger partial charge in [-0.1, -0.05) is 48.5 Å². The van der Waals surface area contributed by atoms with Gasteiger partial charge in [-0.05, 0) is 12.1 Å². The monoisotopic (exact) mass is 410 g/mol. The van der Waals surface area contributed by atoms with Crippen LogP contribution in [0.5, 0.6) is 0 Å². The molecule has 3 aromatic carbocycles. The molecule has 1 N–H and O–H groups in total. The number of nitrogens with zero attached hydrogens (tertiary/aromatic N) is 3. The number of rotatable bonds is 5. The zero-order valence-electron chi connectivity index (χ0n) is 15.4. The lowest BCUT2D eigenvalue weighted by molar-refractivity contribution is 0.458. The quantitative estimate of drug-likeness (QED) is 0.203. The Morgan fingerprint density at radius 3 is 2.07 bits per heavy atom. The molecule has 150 valence electrons. The zero-order chi connectivity index (χ0) is 21.1. The normalized spacial score (nSPS) is 11.2. The fourth-order valence-corrected chi connectivity index (χ4v) is 2.85. The van der Waals surface area contributed by atoms with E-state index >= 15 is 0 Å². The van der Waals surface area contributed by atoms with Crippen molar-refractivity contribution in [2.75, 3.05) is 5.43 Å². The molecule has 0 bridgehead atoms. The Balaban J connectivity index is 1.71. The van der Waals surface area contributed by atoms with Crippen molar-refractivity contribution in [1.82, 2.24) is 9.78 Å². The smallest absolute Gasteiger partial charge is 0.186 e. The average Bonchev–Trinajstić information content (AvgIpc) is 3.20. The Kier molecular flexibility index (Phi) is 5.30. The van der Waals surface area contributed by atoms with Crippen LogP contribution >= 0.6 is 0 Å². The molecule has 0 unspecified atom stereocenters. The van der Waals surface area contributed by atoms with Crippen LogP contribution in [0, 0.1) is 23.3 Å². The molecule has 4 rings (SSSR count). The third-order valence-corrected chi connectivity index (χ3v) is 4.30. The average molecular weight is 410 g/mol. The summed E-state index contributed by atoms with van der Waals surface area (Å²) in [4.78, 5) is 0. The van der Waals surface area contributed by atoms with Crippen molar-refractivity contribution in [2.45, 2.75) is 0 Å². The summed E-state index contributed by atoms with van der Waals surface area (Å²) in [6.07, 6.45) is 2.96. The van der Waals surface area contributed by atoms with Crippen LogP contribution in [0.15, 0.2) is 78.0 Å². The van der Waals surface area contributed by atoms with Gasteiger partial charge >= 0.3 is 0 Å². The highest BCUT2D eigenvalue weighted by Crippen LogP contribution is 2.25. The summed E-state index contributed by atoms with van der Waals surface area (Å²) in [5.74, 6) is -6.16. The highest BCUT2D eigenvalue weighted by atomic mass is 19.2. The summed E-state index contributed by atoms with van der Waals surface area (Å²) in [7, 11) is 0. The Bertz CT molecular complexity index is 1180. The number of para-hydroxylation sites is 1. The van der Waals surface area contributed by atoms with E-state index in [4.69, 9.17) is 0 Å². The molecule has 0 spiro atoms. The van der Waals surface area contributed by atoms with Gasteiger partial charge in [0, 0.05) is 23.4 Å². The van der Waals surface area contributed by atoms with E-state index in [-0.39, 0.29) is 6.07 Å². The minimum atomic E-state index is -1.56. The standard InChI is InChI=1S/C22H14F4N4/c23-17-11-18(24)20(26)22(19(17)25)28-27-12-15-13-30(16-9-5-2-6-10-16)29-21(15)14-7-3-1-4-8-14/h1-13,28H. The maximum absolute atomic E-state index is 13.8. The number of hydrogen-bond donors (Lipinski definition) is 1. The molecule has 8 heteroatoms. The summed E-state index contributed by atoms with van der Waals surface area (Å²) in [6.45, 7) is 0. The Labute approximate surface area is 169 Å². The van der Waals surface area contributed by atoms with Gasteiger partial charge in [0.25, 0.3) is 0 Å². The van der Waals surface area contributed by atoms with Gasteiger partial charge in [0.05, 0.1) is 11.9 Å². The molecule has 0 aliphatic rings. The zero-order valence-corrected chi connectivity index (χ0v) is 15.4. The third-order valence-electron chi connectivity index (χ3n) is 4.30. The summed E-state index contributed by atoms with van der Waals surface area (Å²) in [6, 6.07) is 18.7. The molecule has 1 aromatic heterocycles. The Morgan fingerprint density at radius 2 is 1.43 bits per heavy atom. The van der Waals surface area contributed by atoms with E-state index in [1.54, 1.807) is 10.9 Å². The van der Waals surface area contributed by atoms with E-state index in [0.717, 1.165) is 11.3 Å². The predicted molar refractivity (Wildman–Crippen MR) is 106 cm³/mol. The summed E-state index contributed by atoms with van der Waals surface area (Å²) in [5, 5.41) is 8.34. The molecule has 0 fully saturated rings. The molecule has 0 aliphatic carbocycles. The lowest BCUT2D eigenvalue weighted by atomic mass is 10.1. The second kappa shape index (κ2) is 8.20. The van der Waals surface area contributed by atoms with Crippen LogP contribution in [0.4, 0.5) is 23.2 Å². The molecular formula is C22H14F4N4. The van der Waals surface area contributed by atoms with Crippen LogP contribution < -0.4 is 5.43 Å². The molecule has 0 atom stereocenters. The summed E-state index contributed by atoms with van der Waals surface area (Å²) < 4.78 is 56.0. The van der Waals surface area contributed by atoms with E-state index in [0.29, 0.717) is 11.3 Å². The molecule has 0 saturated heterocycles. The Hall–Kier alpha value is -3.94. The van der Waals surface area contributed by atoms with Crippen LogP contribution in [0.3, 0.4) is 0 Å². The molecule has 4 aromatic rings.